The van der Waals surface area contributed by atoms with Crippen molar-refractivity contribution in [2.45, 2.75) is 17.9 Å². The van der Waals surface area contributed by atoms with Gasteiger partial charge in [-0.3, -0.25) is 0 Å². The van der Waals surface area contributed by atoms with E-state index in [1.807, 2.05) is 0 Å². The Bertz CT molecular complexity index is 491. The summed E-state index contributed by atoms with van der Waals surface area (Å²) in [5, 5.41) is 4.45. The Balaban J connectivity index is 1.69. The molecule has 1 atom stereocenters. The Labute approximate surface area is 104 Å². The van der Waals surface area contributed by atoms with Crippen LogP contribution in [0.4, 0.5) is 0 Å². The summed E-state index contributed by atoms with van der Waals surface area (Å²) in [6.45, 7) is 2.30. The summed E-state index contributed by atoms with van der Waals surface area (Å²) in [6, 6.07) is 0. The minimum Gasteiger partial charge on any atom is -0.341 e. The number of nitrogens with one attached hydrogen (secondary N) is 2. The van der Waals surface area contributed by atoms with Crippen LogP contribution >= 0.6 is 11.8 Å². The molecule has 1 unspecified atom stereocenters. The fourth-order valence-corrected chi connectivity index (χ4v) is 3.21. The summed E-state index contributed by atoms with van der Waals surface area (Å²) < 4.78 is 0. The molecule has 90 valence electrons. The molecule has 6 heteroatoms. The maximum atomic E-state index is 4.32. The molecular formula is C11H15N5S. The molecule has 17 heavy (non-hydrogen) atoms. The molecule has 1 aliphatic heterocycles. The number of imidazole rings is 1. The molecule has 3 heterocycles. The van der Waals surface area contributed by atoms with Crippen molar-refractivity contribution in [3.63, 3.8) is 0 Å². The van der Waals surface area contributed by atoms with Crippen molar-refractivity contribution in [1.29, 1.82) is 0 Å². The highest BCUT2D eigenvalue weighted by molar-refractivity contribution is 7.99. The lowest BCUT2D eigenvalue weighted by Gasteiger charge is -2.21. The number of hydrogen-bond donors (Lipinski definition) is 2. The zero-order valence-corrected chi connectivity index (χ0v) is 10.3. The van der Waals surface area contributed by atoms with Gasteiger partial charge in [0.1, 0.15) is 16.9 Å². The molecule has 0 radical (unpaired) electrons. The van der Waals surface area contributed by atoms with Crippen LogP contribution in [-0.2, 0) is 0 Å². The first-order valence-corrected chi connectivity index (χ1v) is 6.89. The van der Waals surface area contributed by atoms with Crippen molar-refractivity contribution in [3.8, 4) is 0 Å². The van der Waals surface area contributed by atoms with E-state index in [0.29, 0.717) is 0 Å². The van der Waals surface area contributed by atoms with E-state index in [0.717, 1.165) is 34.4 Å². The van der Waals surface area contributed by atoms with Gasteiger partial charge >= 0.3 is 0 Å². The fraction of sp³-hybridized carbons (Fsp3) is 0.545. The van der Waals surface area contributed by atoms with E-state index < -0.39 is 0 Å². The average Bonchev–Trinajstić information content (AvgIpc) is 2.86. The number of fused-ring (bicyclic) bond motifs is 1. The Hall–Kier alpha value is -1.14. The van der Waals surface area contributed by atoms with Crippen LogP contribution in [0.2, 0.25) is 0 Å². The van der Waals surface area contributed by atoms with Crippen LogP contribution in [0.3, 0.4) is 0 Å². The summed E-state index contributed by atoms with van der Waals surface area (Å²) in [5.41, 5.74) is 1.71. The minimum absolute atomic E-state index is 0.752. The van der Waals surface area contributed by atoms with E-state index >= 15 is 0 Å². The van der Waals surface area contributed by atoms with Gasteiger partial charge in [-0.25, -0.2) is 15.0 Å². The Morgan fingerprint density at radius 3 is 3.24 bits per heavy atom. The SMILES string of the molecule is c1nc(SCC2CCCNC2)c2[nH]cnc2n1. The normalized spacial score (nSPS) is 20.8. The fourth-order valence-electron chi connectivity index (χ4n) is 2.12. The number of thioether (sulfide) groups is 1. The lowest BCUT2D eigenvalue weighted by molar-refractivity contribution is 0.410. The van der Waals surface area contributed by atoms with Crippen LogP contribution in [-0.4, -0.2) is 38.8 Å². The number of rotatable bonds is 3. The average molecular weight is 249 g/mol. The maximum absolute atomic E-state index is 4.32. The number of nitrogens with zero attached hydrogens (tertiary/aromatic N) is 3. The van der Waals surface area contributed by atoms with E-state index in [9.17, 15) is 0 Å². The van der Waals surface area contributed by atoms with Crippen LogP contribution in [0.15, 0.2) is 17.7 Å². The van der Waals surface area contributed by atoms with Crippen molar-refractivity contribution < 1.29 is 0 Å². The van der Waals surface area contributed by atoms with Crippen LogP contribution in [0.5, 0.6) is 0 Å². The van der Waals surface area contributed by atoms with E-state index in [4.69, 9.17) is 0 Å². The van der Waals surface area contributed by atoms with Crippen molar-refractivity contribution in [1.82, 2.24) is 25.3 Å². The van der Waals surface area contributed by atoms with Gasteiger partial charge in [-0.1, -0.05) is 0 Å². The number of H-pyrrole nitrogens is 1. The van der Waals surface area contributed by atoms with Gasteiger partial charge in [0, 0.05) is 5.75 Å². The molecule has 5 nitrogen and oxygen atoms in total. The minimum atomic E-state index is 0.752. The molecule has 2 aromatic rings. The molecule has 3 rings (SSSR count). The summed E-state index contributed by atoms with van der Waals surface area (Å²) in [6.07, 6.45) is 5.86. The van der Waals surface area contributed by atoms with Gasteiger partial charge in [-0.15, -0.1) is 11.8 Å². The van der Waals surface area contributed by atoms with Crippen molar-refractivity contribution in [2.75, 3.05) is 18.8 Å². The van der Waals surface area contributed by atoms with Gasteiger partial charge in [-0.05, 0) is 31.8 Å². The van der Waals surface area contributed by atoms with Gasteiger partial charge in [0.25, 0.3) is 0 Å². The molecule has 0 bridgehead atoms. The third-order valence-electron chi connectivity index (χ3n) is 3.04. The molecule has 0 saturated carbocycles. The summed E-state index contributed by atoms with van der Waals surface area (Å²) in [4.78, 5) is 15.7. The molecule has 2 N–H and O–H groups in total. The highest BCUT2D eigenvalue weighted by Crippen LogP contribution is 2.25. The van der Waals surface area contributed by atoms with Crippen LogP contribution < -0.4 is 5.32 Å². The molecule has 2 aromatic heterocycles. The highest BCUT2D eigenvalue weighted by Gasteiger charge is 2.14. The zero-order valence-electron chi connectivity index (χ0n) is 9.52. The largest absolute Gasteiger partial charge is 0.341 e. The third kappa shape index (κ3) is 2.42. The Kier molecular flexibility index (Phi) is 3.24. The topological polar surface area (TPSA) is 66.5 Å². The second-order valence-corrected chi connectivity index (χ2v) is 5.31. The van der Waals surface area contributed by atoms with Crippen molar-refractivity contribution >= 4 is 22.9 Å². The standard InChI is InChI=1S/C11H15N5S/c1-2-8(4-12-3-1)5-17-11-9-10(14-6-13-9)15-7-16-11/h6-8,12H,1-5H2,(H,13,14,15,16). The molecule has 0 aromatic carbocycles. The third-order valence-corrected chi connectivity index (χ3v) is 4.26. The molecular weight excluding hydrogens is 234 g/mol. The lowest BCUT2D eigenvalue weighted by atomic mass is 10.0. The second kappa shape index (κ2) is 5.01. The molecule has 0 amide bonds. The Morgan fingerprint density at radius 2 is 2.35 bits per heavy atom. The molecule has 0 spiro atoms. The first kappa shape index (κ1) is 11.0. The van der Waals surface area contributed by atoms with Gasteiger partial charge in [0.15, 0.2) is 5.65 Å². The van der Waals surface area contributed by atoms with E-state index in [-0.39, 0.29) is 0 Å². The van der Waals surface area contributed by atoms with Gasteiger partial charge < -0.3 is 10.3 Å². The van der Waals surface area contributed by atoms with Crippen molar-refractivity contribution in [2.24, 2.45) is 5.92 Å². The van der Waals surface area contributed by atoms with Crippen LogP contribution in [0.25, 0.3) is 11.2 Å². The summed E-state index contributed by atoms with van der Waals surface area (Å²) in [7, 11) is 0. The van der Waals surface area contributed by atoms with Crippen LogP contribution in [0, 0.1) is 5.92 Å². The zero-order chi connectivity index (χ0) is 11.5. The van der Waals surface area contributed by atoms with E-state index in [1.54, 1.807) is 24.4 Å². The molecule has 1 aliphatic rings. The quantitative estimate of drug-likeness (QED) is 0.636. The van der Waals surface area contributed by atoms with E-state index in [1.165, 1.54) is 19.4 Å². The molecule has 1 fully saturated rings. The number of aromatic amines is 1. The lowest BCUT2D eigenvalue weighted by Crippen LogP contribution is -2.30. The number of piperidine rings is 1. The predicted octanol–water partition coefficient (Wildman–Crippen LogP) is 1.44. The monoisotopic (exact) mass is 249 g/mol. The van der Waals surface area contributed by atoms with Crippen molar-refractivity contribution in [3.05, 3.63) is 12.7 Å². The second-order valence-electron chi connectivity index (χ2n) is 4.30. The molecule has 0 aliphatic carbocycles. The van der Waals surface area contributed by atoms with Gasteiger partial charge in [0.2, 0.25) is 0 Å². The maximum Gasteiger partial charge on any atom is 0.181 e. The first-order chi connectivity index (χ1) is 8.43. The number of aromatic nitrogens is 4. The smallest absolute Gasteiger partial charge is 0.181 e. The van der Waals surface area contributed by atoms with Crippen LogP contribution in [0.1, 0.15) is 12.8 Å². The van der Waals surface area contributed by atoms with Gasteiger partial charge in [-0.2, -0.15) is 0 Å². The predicted molar refractivity (Wildman–Crippen MR) is 68.0 cm³/mol. The van der Waals surface area contributed by atoms with Gasteiger partial charge in [0.05, 0.1) is 6.33 Å². The van der Waals surface area contributed by atoms with E-state index in [2.05, 4.69) is 25.3 Å². The number of hydrogen-bond acceptors (Lipinski definition) is 5. The summed E-state index contributed by atoms with van der Waals surface area (Å²) >= 11 is 1.80. The first-order valence-electron chi connectivity index (χ1n) is 5.91. The molecule has 1 saturated heterocycles. The summed E-state index contributed by atoms with van der Waals surface area (Å²) in [5.74, 6) is 1.86. The highest BCUT2D eigenvalue weighted by atomic mass is 32.2. The Morgan fingerprint density at radius 1 is 1.35 bits per heavy atom.